The zero-order valence-electron chi connectivity index (χ0n) is 15.4. The van der Waals surface area contributed by atoms with Crippen molar-refractivity contribution in [3.63, 3.8) is 0 Å². The molecule has 1 aliphatic heterocycles. The Labute approximate surface area is 157 Å². The van der Waals surface area contributed by atoms with Crippen molar-refractivity contribution >= 4 is 9.84 Å². The molecule has 1 saturated heterocycles. The minimum absolute atomic E-state index is 0.407. The van der Waals surface area contributed by atoms with Gasteiger partial charge in [0.15, 0.2) is 9.84 Å². The molecule has 138 valence electrons. The van der Waals surface area contributed by atoms with Gasteiger partial charge in [-0.05, 0) is 49.6 Å². The van der Waals surface area contributed by atoms with Crippen LogP contribution in [0.4, 0.5) is 0 Å². The van der Waals surface area contributed by atoms with Crippen LogP contribution in [0, 0.1) is 6.92 Å². The minimum atomic E-state index is -3.39. The van der Waals surface area contributed by atoms with E-state index in [1.807, 2.05) is 37.3 Å². The molecule has 1 unspecified atom stereocenters. The average molecular weight is 370 g/mol. The molecule has 0 amide bonds. The minimum Gasteiger partial charge on any atom is -0.295 e. The Bertz CT molecular complexity index is 841. The molecule has 1 fully saturated rings. The molecule has 0 saturated carbocycles. The van der Waals surface area contributed by atoms with Crippen molar-refractivity contribution in [1.82, 2.24) is 4.90 Å². The summed E-state index contributed by atoms with van der Waals surface area (Å²) in [5.74, 6) is 0. The van der Waals surface area contributed by atoms with Crippen molar-refractivity contribution in [3.8, 4) is 0 Å². The fourth-order valence-electron chi connectivity index (χ4n) is 3.58. The second-order valence-electron chi connectivity index (χ2n) is 7.20. The molecule has 0 aromatic heterocycles. The summed E-state index contributed by atoms with van der Waals surface area (Å²) >= 11 is 0. The molecule has 2 aromatic rings. The fourth-order valence-corrected chi connectivity index (χ4v) is 5.42. The van der Waals surface area contributed by atoms with Gasteiger partial charge in [-0.15, -0.1) is 0 Å². The highest BCUT2D eigenvalue weighted by Crippen LogP contribution is 2.28. The molecule has 3 nitrogen and oxygen atoms in total. The summed E-state index contributed by atoms with van der Waals surface area (Å²) in [5.41, 5.74) is 3.12. The molecule has 1 aliphatic rings. The van der Waals surface area contributed by atoms with Crippen molar-refractivity contribution in [3.05, 3.63) is 77.9 Å². The van der Waals surface area contributed by atoms with Crippen molar-refractivity contribution < 1.29 is 8.42 Å². The SMILES string of the molecule is C=C1CN(Cc2ccccc2)CCCCC1S(=O)(=O)c1ccc(C)cc1. The van der Waals surface area contributed by atoms with Crippen LogP contribution in [-0.2, 0) is 16.4 Å². The maximum atomic E-state index is 13.2. The molecule has 26 heavy (non-hydrogen) atoms. The fraction of sp³-hybridized carbons (Fsp3) is 0.364. The molecule has 0 aliphatic carbocycles. The van der Waals surface area contributed by atoms with E-state index in [0.717, 1.165) is 37.1 Å². The van der Waals surface area contributed by atoms with Gasteiger partial charge in [0.05, 0.1) is 10.1 Å². The zero-order chi connectivity index (χ0) is 18.6. The molecule has 2 aromatic carbocycles. The number of benzene rings is 2. The smallest absolute Gasteiger partial charge is 0.185 e. The number of aryl methyl sites for hydroxylation is 1. The third kappa shape index (κ3) is 4.43. The second kappa shape index (κ2) is 8.19. The summed E-state index contributed by atoms with van der Waals surface area (Å²) in [5, 5.41) is -0.497. The molecular weight excluding hydrogens is 342 g/mol. The van der Waals surface area contributed by atoms with Crippen LogP contribution in [0.25, 0.3) is 0 Å². The summed E-state index contributed by atoms with van der Waals surface area (Å²) in [6.07, 6.45) is 2.58. The largest absolute Gasteiger partial charge is 0.295 e. The third-order valence-corrected chi connectivity index (χ3v) is 7.29. The number of hydrogen-bond acceptors (Lipinski definition) is 3. The van der Waals surface area contributed by atoms with Crippen molar-refractivity contribution in [2.45, 2.75) is 42.9 Å². The first kappa shape index (κ1) is 18.9. The molecule has 0 bridgehead atoms. The van der Waals surface area contributed by atoms with E-state index >= 15 is 0 Å². The Morgan fingerprint density at radius 3 is 2.42 bits per heavy atom. The lowest BCUT2D eigenvalue weighted by atomic mass is 10.0. The first-order valence-electron chi connectivity index (χ1n) is 9.21. The molecule has 1 heterocycles. The topological polar surface area (TPSA) is 37.4 Å². The summed E-state index contributed by atoms with van der Waals surface area (Å²) in [6, 6.07) is 17.5. The van der Waals surface area contributed by atoms with E-state index in [4.69, 9.17) is 0 Å². The van der Waals surface area contributed by atoms with Gasteiger partial charge < -0.3 is 0 Å². The normalized spacial score (nSPS) is 19.7. The van der Waals surface area contributed by atoms with Crippen LogP contribution >= 0.6 is 0 Å². The van der Waals surface area contributed by atoms with Gasteiger partial charge in [0.25, 0.3) is 0 Å². The Hall–Kier alpha value is -1.91. The second-order valence-corrected chi connectivity index (χ2v) is 9.33. The van der Waals surface area contributed by atoms with Crippen LogP contribution in [0.15, 0.2) is 71.6 Å². The highest BCUT2D eigenvalue weighted by molar-refractivity contribution is 7.92. The molecule has 0 radical (unpaired) electrons. The van der Waals surface area contributed by atoms with Crippen LogP contribution in [0.1, 0.15) is 30.4 Å². The van der Waals surface area contributed by atoms with Crippen LogP contribution < -0.4 is 0 Å². The number of likely N-dealkylation sites (tertiary alicyclic amines) is 1. The van der Waals surface area contributed by atoms with Gasteiger partial charge in [-0.25, -0.2) is 8.42 Å². The average Bonchev–Trinajstić information content (AvgIpc) is 2.60. The van der Waals surface area contributed by atoms with Crippen molar-refractivity contribution in [2.24, 2.45) is 0 Å². The summed E-state index contributed by atoms with van der Waals surface area (Å²) < 4.78 is 26.3. The number of hydrogen-bond donors (Lipinski definition) is 0. The van der Waals surface area contributed by atoms with Gasteiger partial charge >= 0.3 is 0 Å². The van der Waals surface area contributed by atoms with Crippen LogP contribution in [0.2, 0.25) is 0 Å². The van der Waals surface area contributed by atoms with Gasteiger partial charge in [0, 0.05) is 13.1 Å². The monoisotopic (exact) mass is 369 g/mol. The Morgan fingerprint density at radius 2 is 1.73 bits per heavy atom. The van der Waals surface area contributed by atoms with E-state index in [-0.39, 0.29) is 0 Å². The van der Waals surface area contributed by atoms with E-state index in [0.29, 0.717) is 17.9 Å². The Balaban J connectivity index is 1.78. The van der Waals surface area contributed by atoms with Crippen molar-refractivity contribution in [1.29, 1.82) is 0 Å². The van der Waals surface area contributed by atoms with Crippen LogP contribution in [0.3, 0.4) is 0 Å². The molecule has 0 spiro atoms. The molecule has 4 heteroatoms. The summed E-state index contributed by atoms with van der Waals surface area (Å²) in [4.78, 5) is 2.72. The lowest BCUT2D eigenvalue weighted by Gasteiger charge is -2.30. The van der Waals surface area contributed by atoms with Gasteiger partial charge in [0.1, 0.15) is 0 Å². The third-order valence-electron chi connectivity index (χ3n) is 5.05. The maximum Gasteiger partial charge on any atom is 0.185 e. The highest BCUT2D eigenvalue weighted by Gasteiger charge is 2.31. The first-order valence-corrected chi connectivity index (χ1v) is 10.8. The molecule has 3 rings (SSSR count). The van der Waals surface area contributed by atoms with Crippen LogP contribution in [0.5, 0.6) is 0 Å². The van der Waals surface area contributed by atoms with E-state index in [2.05, 4.69) is 23.6 Å². The van der Waals surface area contributed by atoms with Gasteiger partial charge in [-0.1, -0.05) is 61.0 Å². The first-order chi connectivity index (χ1) is 12.5. The number of rotatable bonds is 4. The maximum absolute atomic E-state index is 13.2. The van der Waals surface area contributed by atoms with Crippen molar-refractivity contribution in [2.75, 3.05) is 13.1 Å². The highest BCUT2D eigenvalue weighted by atomic mass is 32.2. The van der Waals surface area contributed by atoms with Gasteiger partial charge in [0.2, 0.25) is 0 Å². The molecular formula is C22H27NO2S. The van der Waals surface area contributed by atoms with E-state index in [1.165, 1.54) is 5.56 Å². The number of sulfone groups is 1. The van der Waals surface area contributed by atoms with Gasteiger partial charge in [-0.2, -0.15) is 0 Å². The predicted molar refractivity (Wildman–Crippen MR) is 107 cm³/mol. The van der Waals surface area contributed by atoms with E-state index in [9.17, 15) is 8.42 Å². The Kier molecular flexibility index (Phi) is 5.94. The molecule has 0 N–H and O–H groups in total. The summed E-state index contributed by atoms with van der Waals surface area (Å²) in [7, 11) is -3.39. The van der Waals surface area contributed by atoms with Crippen LogP contribution in [-0.4, -0.2) is 31.7 Å². The molecule has 1 atom stereocenters. The predicted octanol–water partition coefficient (Wildman–Crippen LogP) is 4.38. The lowest BCUT2D eigenvalue weighted by Crippen LogP contribution is -2.35. The zero-order valence-corrected chi connectivity index (χ0v) is 16.2. The quantitative estimate of drug-likeness (QED) is 0.751. The van der Waals surface area contributed by atoms with Gasteiger partial charge in [-0.3, -0.25) is 4.90 Å². The van der Waals surface area contributed by atoms with E-state index in [1.54, 1.807) is 12.1 Å². The standard InChI is InChI=1S/C22H27NO2S/c1-18-11-13-21(14-12-18)26(24,25)22-10-6-7-15-23(16-19(22)2)17-20-8-4-3-5-9-20/h3-5,8-9,11-14,22H,2,6-7,10,15-17H2,1H3. The lowest BCUT2D eigenvalue weighted by molar-refractivity contribution is 0.269. The van der Waals surface area contributed by atoms with E-state index < -0.39 is 15.1 Å². The Morgan fingerprint density at radius 1 is 1.04 bits per heavy atom. The number of nitrogens with zero attached hydrogens (tertiary/aromatic N) is 1. The summed E-state index contributed by atoms with van der Waals surface area (Å²) in [6.45, 7) is 8.58.